The maximum absolute atomic E-state index is 9.78. The number of benzene rings is 5. The van der Waals surface area contributed by atoms with E-state index in [2.05, 4.69) is 12.1 Å². The van der Waals surface area contributed by atoms with Gasteiger partial charge in [0, 0.05) is 32.3 Å². The number of rotatable bonds is 2. The van der Waals surface area contributed by atoms with Crippen molar-refractivity contribution >= 4 is 43.1 Å². The van der Waals surface area contributed by atoms with Crippen LogP contribution in [0.15, 0.2) is 60.7 Å². The van der Waals surface area contributed by atoms with Gasteiger partial charge in [-0.2, -0.15) is 10.5 Å². The van der Waals surface area contributed by atoms with Crippen molar-refractivity contribution < 1.29 is 9.47 Å². The van der Waals surface area contributed by atoms with Crippen LogP contribution >= 0.6 is 0 Å². The van der Waals surface area contributed by atoms with Crippen molar-refractivity contribution in [3.63, 3.8) is 0 Å². The molecule has 0 aliphatic heterocycles. The summed E-state index contributed by atoms with van der Waals surface area (Å²) in [4.78, 5) is 0. The summed E-state index contributed by atoms with van der Waals surface area (Å²) in [7, 11) is 3.19. The zero-order valence-corrected chi connectivity index (χ0v) is 16.5. The molecule has 0 unspecified atom stereocenters. The number of fused-ring (bicyclic) bond motifs is 7. The highest BCUT2D eigenvalue weighted by molar-refractivity contribution is 6.31. The third-order valence-corrected chi connectivity index (χ3v) is 5.68. The van der Waals surface area contributed by atoms with Crippen molar-refractivity contribution in [1.82, 2.24) is 0 Å². The average molecular weight is 388 g/mol. The minimum atomic E-state index is 0.557. The molecule has 0 aromatic heterocycles. The average Bonchev–Trinajstić information content (AvgIpc) is 2.81. The summed E-state index contributed by atoms with van der Waals surface area (Å²) in [5.41, 5.74) is 1.16. The predicted octanol–water partition coefficient (Wildman–Crippen LogP) is 6.06. The van der Waals surface area contributed by atoms with Crippen molar-refractivity contribution in [1.29, 1.82) is 10.5 Å². The second kappa shape index (κ2) is 6.65. The van der Waals surface area contributed by atoms with E-state index < -0.39 is 0 Å². The molecule has 0 amide bonds. The molecule has 142 valence electrons. The van der Waals surface area contributed by atoms with Gasteiger partial charge in [0.2, 0.25) is 0 Å². The Hall–Kier alpha value is -4.28. The van der Waals surface area contributed by atoms with E-state index in [1.165, 1.54) is 0 Å². The Kier molecular flexibility index (Phi) is 3.95. The fourth-order valence-corrected chi connectivity index (χ4v) is 4.48. The van der Waals surface area contributed by atoms with E-state index in [0.29, 0.717) is 22.6 Å². The number of nitriles is 2. The summed E-state index contributed by atoms with van der Waals surface area (Å²) in [6.45, 7) is 0. The molecule has 0 N–H and O–H groups in total. The Morgan fingerprint density at radius 3 is 1.27 bits per heavy atom. The second-order valence-electron chi connectivity index (χ2n) is 7.07. The normalized spacial score (nSPS) is 10.9. The molecule has 0 heterocycles. The first kappa shape index (κ1) is 17.8. The summed E-state index contributed by atoms with van der Waals surface area (Å²) >= 11 is 0. The number of nitrogens with zero attached hydrogens (tertiary/aromatic N) is 2. The monoisotopic (exact) mass is 388 g/mol. The molecule has 0 radical (unpaired) electrons. The van der Waals surface area contributed by atoms with Crippen molar-refractivity contribution in [2.24, 2.45) is 0 Å². The minimum absolute atomic E-state index is 0.557. The molecule has 5 aromatic rings. The highest BCUT2D eigenvalue weighted by Gasteiger charge is 2.22. The first-order valence-corrected chi connectivity index (χ1v) is 9.48. The Morgan fingerprint density at radius 1 is 0.567 bits per heavy atom. The molecular weight excluding hydrogens is 372 g/mol. The summed E-state index contributed by atoms with van der Waals surface area (Å²) in [5.74, 6) is 1.11. The van der Waals surface area contributed by atoms with Gasteiger partial charge < -0.3 is 9.47 Å². The van der Waals surface area contributed by atoms with Crippen LogP contribution in [-0.4, -0.2) is 14.2 Å². The lowest BCUT2D eigenvalue weighted by molar-refractivity contribution is 0.362. The Balaban J connectivity index is 2.24. The number of methoxy groups -OCH3 is 2. The lowest BCUT2D eigenvalue weighted by Gasteiger charge is -2.19. The van der Waals surface area contributed by atoms with Crippen LogP contribution in [0.1, 0.15) is 11.1 Å². The Bertz CT molecular complexity index is 1470. The van der Waals surface area contributed by atoms with Gasteiger partial charge in [-0.3, -0.25) is 0 Å². The van der Waals surface area contributed by atoms with Crippen molar-refractivity contribution in [2.75, 3.05) is 14.2 Å². The summed E-state index contributed by atoms with van der Waals surface area (Å²) in [6, 6.07) is 24.1. The molecule has 0 aliphatic carbocycles. The molecule has 0 fully saturated rings. The molecule has 0 atom stereocenters. The van der Waals surface area contributed by atoms with Gasteiger partial charge in [-0.1, -0.05) is 48.5 Å². The minimum Gasteiger partial charge on any atom is -0.492 e. The highest BCUT2D eigenvalue weighted by atomic mass is 16.5. The quantitative estimate of drug-likeness (QED) is 0.345. The van der Waals surface area contributed by atoms with E-state index >= 15 is 0 Å². The SMILES string of the molecule is COc1c(OC)c2cc(C#N)c3ccccc3c2c2c1cc(C#N)c1ccccc12. The molecule has 0 bridgehead atoms. The van der Waals surface area contributed by atoms with E-state index in [-0.39, 0.29) is 0 Å². The number of hydrogen-bond acceptors (Lipinski definition) is 4. The van der Waals surface area contributed by atoms with Crippen LogP contribution in [0.4, 0.5) is 0 Å². The van der Waals surface area contributed by atoms with E-state index in [4.69, 9.17) is 9.47 Å². The van der Waals surface area contributed by atoms with Gasteiger partial charge >= 0.3 is 0 Å². The van der Waals surface area contributed by atoms with Gasteiger partial charge in [-0.25, -0.2) is 0 Å². The molecule has 0 saturated heterocycles. The zero-order chi connectivity index (χ0) is 20.8. The first-order chi connectivity index (χ1) is 14.7. The number of ether oxygens (including phenoxy) is 2. The van der Waals surface area contributed by atoms with Gasteiger partial charge in [0.15, 0.2) is 11.5 Å². The van der Waals surface area contributed by atoms with Crippen LogP contribution in [-0.2, 0) is 0 Å². The van der Waals surface area contributed by atoms with Crippen molar-refractivity contribution in [3.8, 4) is 23.6 Å². The number of hydrogen-bond donors (Lipinski definition) is 0. The smallest absolute Gasteiger partial charge is 0.169 e. The maximum atomic E-state index is 9.78. The predicted molar refractivity (Wildman–Crippen MR) is 119 cm³/mol. The van der Waals surface area contributed by atoms with Gasteiger partial charge in [0.1, 0.15) is 0 Å². The third-order valence-electron chi connectivity index (χ3n) is 5.68. The molecule has 4 heteroatoms. The van der Waals surface area contributed by atoms with E-state index in [1.54, 1.807) is 14.2 Å². The molecule has 5 rings (SSSR count). The van der Waals surface area contributed by atoms with Crippen molar-refractivity contribution in [3.05, 3.63) is 71.8 Å². The third kappa shape index (κ3) is 2.25. The second-order valence-corrected chi connectivity index (χ2v) is 7.07. The molecule has 0 spiro atoms. The van der Waals surface area contributed by atoms with Crippen LogP contribution in [0.25, 0.3) is 43.1 Å². The van der Waals surface area contributed by atoms with Crippen LogP contribution in [0.2, 0.25) is 0 Å². The van der Waals surface area contributed by atoms with Gasteiger partial charge in [-0.15, -0.1) is 0 Å². The molecule has 5 aromatic carbocycles. The van der Waals surface area contributed by atoms with Gasteiger partial charge in [0.05, 0.1) is 37.5 Å². The van der Waals surface area contributed by atoms with Gasteiger partial charge in [-0.05, 0) is 22.9 Å². The zero-order valence-electron chi connectivity index (χ0n) is 16.5. The van der Waals surface area contributed by atoms with Crippen LogP contribution in [0, 0.1) is 22.7 Å². The van der Waals surface area contributed by atoms with E-state index in [9.17, 15) is 10.5 Å². The molecule has 0 aliphatic rings. The van der Waals surface area contributed by atoms with Crippen LogP contribution in [0.5, 0.6) is 11.5 Å². The molecule has 30 heavy (non-hydrogen) atoms. The maximum Gasteiger partial charge on any atom is 0.169 e. The van der Waals surface area contributed by atoms with E-state index in [0.717, 1.165) is 43.1 Å². The van der Waals surface area contributed by atoms with Crippen molar-refractivity contribution in [2.45, 2.75) is 0 Å². The summed E-state index contributed by atoms with van der Waals surface area (Å²) < 4.78 is 11.5. The lowest BCUT2D eigenvalue weighted by atomic mass is 9.88. The van der Waals surface area contributed by atoms with E-state index in [1.807, 2.05) is 60.7 Å². The largest absolute Gasteiger partial charge is 0.492 e. The highest BCUT2D eigenvalue weighted by Crippen LogP contribution is 2.49. The summed E-state index contributed by atoms with van der Waals surface area (Å²) in [5, 5.41) is 26.9. The standard InChI is InChI=1S/C26H16N2O2/c1-29-25-21-11-15(13-27)17-7-3-5-9-19(17)23(21)24-20-10-6-4-8-18(20)16(14-28)12-22(24)26(25)30-2/h3-12H,1-2H3. The first-order valence-electron chi connectivity index (χ1n) is 9.48. The molecule has 4 nitrogen and oxygen atoms in total. The molecular formula is C26H16N2O2. The topological polar surface area (TPSA) is 66.0 Å². The van der Waals surface area contributed by atoms with Crippen LogP contribution < -0.4 is 9.47 Å². The lowest BCUT2D eigenvalue weighted by Crippen LogP contribution is -1.97. The van der Waals surface area contributed by atoms with Gasteiger partial charge in [0.25, 0.3) is 0 Å². The fourth-order valence-electron chi connectivity index (χ4n) is 4.48. The Labute approximate surface area is 173 Å². The van der Waals surface area contributed by atoms with Crippen LogP contribution in [0.3, 0.4) is 0 Å². The molecule has 0 saturated carbocycles. The Morgan fingerprint density at radius 2 is 0.933 bits per heavy atom. The summed E-state index contributed by atoms with van der Waals surface area (Å²) in [6.07, 6.45) is 0. The fraction of sp³-hybridized carbons (Fsp3) is 0.0769.